The van der Waals surface area contributed by atoms with E-state index in [4.69, 9.17) is 4.74 Å². The van der Waals surface area contributed by atoms with E-state index in [1.54, 1.807) is 0 Å². The van der Waals surface area contributed by atoms with Crippen LogP contribution in [0.4, 0.5) is 0 Å². The first-order valence-corrected chi connectivity index (χ1v) is 11.5. The van der Waals surface area contributed by atoms with Crippen molar-refractivity contribution < 1.29 is 9.53 Å². The summed E-state index contributed by atoms with van der Waals surface area (Å²) in [7, 11) is 0. The number of hydrogen-bond donors (Lipinski definition) is 0. The van der Waals surface area contributed by atoms with Gasteiger partial charge in [-0.3, -0.25) is 4.79 Å². The van der Waals surface area contributed by atoms with Crippen molar-refractivity contribution in [3.63, 3.8) is 0 Å². The Labute approximate surface area is 179 Å². The molecule has 0 N–H and O–H groups in total. The molecule has 1 aliphatic heterocycles. The van der Waals surface area contributed by atoms with Crippen LogP contribution in [0.25, 0.3) is 0 Å². The molecular weight excluding hydrogens is 378 g/mol. The van der Waals surface area contributed by atoms with Gasteiger partial charge >= 0.3 is 0 Å². The molecular formula is C25H33NO2S. The summed E-state index contributed by atoms with van der Waals surface area (Å²) in [4.78, 5) is 15.1. The van der Waals surface area contributed by atoms with Crippen molar-refractivity contribution in [1.29, 1.82) is 0 Å². The van der Waals surface area contributed by atoms with Crippen LogP contribution in [-0.4, -0.2) is 23.1 Å². The van der Waals surface area contributed by atoms with Gasteiger partial charge in [0, 0.05) is 24.3 Å². The molecule has 1 aliphatic rings. The fraction of sp³-hybridized carbons (Fsp3) is 0.480. The lowest BCUT2D eigenvalue weighted by Gasteiger charge is -2.28. The van der Waals surface area contributed by atoms with Crippen LogP contribution in [0.15, 0.2) is 54.6 Å². The Hall–Kier alpha value is -1.94. The van der Waals surface area contributed by atoms with Gasteiger partial charge in [0.25, 0.3) is 0 Å². The third-order valence-electron chi connectivity index (χ3n) is 5.12. The van der Waals surface area contributed by atoms with E-state index in [0.717, 1.165) is 35.6 Å². The number of rotatable bonds is 7. The highest BCUT2D eigenvalue weighted by molar-refractivity contribution is 7.99. The van der Waals surface area contributed by atoms with Crippen LogP contribution >= 0.6 is 11.8 Å². The lowest BCUT2D eigenvalue weighted by atomic mass is 9.84. The van der Waals surface area contributed by atoms with Gasteiger partial charge in [-0.15, -0.1) is 11.8 Å². The summed E-state index contributed by atoms with van der Waals surface area (Å²) < 4.78 is 6.16. The summed E-state index contributed by atoms with van der Waals surface area (Å²) in [5, 5.41) is 0.0383. The van der Waals surface area contributed by atoms with Gasteiger partial charge in [-0.1, -0.05) is 76.2 Å². The largest absolute Gasteiger partial charge is 0.489 e. The number of ether oxygens (including phenoxy) is 1. The molecule has 1 saturated heterocycles. The van der Waals surface area contributed by atoms with Crippen LogP contribution < -0.4 is 4.74 Å². The van der Waals surface area contributed by atoms with Gasteiger partial charge in [0.05, 0.1) is 0 Å². The second kappa shape index (κ2) is 9.71. The maximum atomic E-state index is 13.1. The van der Waals surface area contributed by atoms with Crippen LogP contribution in [0.1, 0.15) is 57.0 Å². The molecule has 2 atom stereocenters. The molecule has 156 valence electrons. The number of thioether (sulfide) groups is 1. The first-order valence-electron chi connectivity index (χ1n) is 10.5. The number of nitrogens with zero attached hydrogens (tertiary/aromatic N) is 1. The molecule has 3 rings (SSSR count). The van der Waals surface area contributed by atoms with Crippen molar-refractivity contribution in [2.75, 3.05) is 12.3 Å². The molecule has 0 spiro atoms. The molecule has 0 radical (unpaired) electrons. The van der Waals surface area contributed by atoms with Crippen molar-refractivity contribution in [1.82, 2.24) is 4.90 Å². The van der Waals surface area contributed by atoms with Crippen LogP contribution in [-0.2, 0) is 11.4 Å². The minimum absolute atomic E-state index is 0.0383. The Morgan fingerprint density at radius 2 is 1.83 bits per heavy atom. The summed E-state index contributed by atoms with van der Waals surface area (Å²) in [5.74, 6) is 2.49. The fourth-order valence-corrected chi connectivity index (χ4v) is 5.37. The maximum Gasteiger partial charge on any atom is 0.224 e. The monoisotopic (exact) mass is 411 g/mol. The van der Waals surface area contributed by atoms with Crippen molar-refractivity contribution >= 4 is 17.7 Å². The Morgan fingerprint density at radius 1 is 1.14 bits per heavy atom. The second-order valence-electron chi connectivity index (χ2n) is 9.20. The molecule has 2 aromatic rings. The summed E-state index contributed by atoms with van der Waals surface area (Å²) in [6.07, 6.45) is 1.67. The van der Waals surface area contributed by atoms with Crippen LogP contribution in [0, 0.1) is 11.3 Å². The van der Waals surface area contributed by atoms with Gasteiger partial charge < -0.3 is 9.64 Å². The Balaban J connectivity index is 1.70. The minimum Gasteiger partial charge on any atom is -0.489 e. The van der Waals surface area contributed by atoms with E-state index in [2.05, 4.69) is 50.8 Å². The predicted octanol–water partition coefficient (Wildman–Crippen LogP) is 6.30. The number of amides is 1. The molecule has 1 heterocycles. The Bertz CT molecular complexity index is 800. The molecule has 0 bridgehead atoms. The SMILES string of the molecule is CC(CC(=O)N1CCSC1c1ccccc1OCc1ccccc1)CC(C)(C)C. The summed E-state index contributed by atoms with van der Waals surface area (Å²) in [6.45, 7) is 10.3. The van der Waals surface area contributed by atoms with Gasteiger partial charge in [0.1, 0.15) is 17.7 Å². The highest BCUT2D eigenvalue weighted by Crippen LogP contribution is 2.42. The van der Waals surface area contributed by atoms with Gasteiger partial charge in [0.2, 0.25) is 5.91 Å². The van der Waals surface area contributed by atoms with Crippen molar-refractivity contribution in [3.05, 3.63) is 65.7 Å². The lowest BCUT2D eigenvalue weighted by Crippen LogP contribution is -2.32. The smallest absolute Gasteiger partial charge is 0.224 e. The van der Waals surface area contributed by atoms with Gasteiger partial charge in [0.15, 0.2) is 0 Å². The molecule has 1 fully saturated rings. The average Bonchev–Trinajstić information content (AvgIpc) is 3.15. The molecule has 2 unspecified atom stereocenters. The van der Waals surface area contributed by atoms with Gasteiger partial charge in [-0.25, -0.2) is 0 Å². The molecule has 0 aliphatic carbocycles. The summed E-state index contributed by atoms with van der Waals surface area (Å²) in [6, 6.07) is 18.3. The van der Waals surface area contributed by atoms with E-state index >= 15 is 0 Å². The first-order chi connectivity index (χ1) is 13.8. The molecule has 29 heavy (non-hydrogen) atoms. The fourth-order valence-electron chi connectivity index (χ4n) is 4.07. The molecule has 4 heteroatoms. The third kappa shape index (κ3) is 6.27. The zero-order valence-corrected chi connectivity index (χ0v) is 18.9. The molecule has 3 nitrogen and oxygen atoms in total. The number of benzene rings is 2. The van der Waals surface area contributed by atoms with Crippen molar-refractivity contribution in [3.8, 4) is 5.75 Å². The van der Waals surface area contributed by atoms with E-state index in [9.17, 15) is 4.79 Å². The van der Waals surface area contributed by atoms with Crippen molar-refractivity contribution in [2.24, 2.45) is 11.3 Å². The quantitative estimate of drug-likeness (QED) is 0.535. The zero-order chi connectivity index (χ0) is 20.9. The standard InChI is InChI=1S/C25H33NO2S/c1-19(17-25(2,3)4)16-23(27)26-14-15-29-24(26)21-12-8-9-13-22(21)28-18-20-10-6-5-7-11-20/h5-13,19,24H,14-18H2,1-4H3. The predicted molar refractivity (Wildman–Crippen MR) is 122 cm³/mol. The van der Waals surface area contributed by atoms with E-state index in [-0.39, 0.29) is 16.7 Å². The topological polar surface area (TPSA) is 29.5 Å². The maximum absolute atomic E-state index is 13.1. The summed E-state index contributed by atoms with van der Waals surface area (Å²) >= 11 is 1.83. The molecule has 0 aromatic heterocycles. The normalized spacial score (nSPS) is 17.9. The van der Waals surface area contributed by atoms with Gasteiger partial charge in [-0.05, 0) is 29.4 Å². The average molecular weight is 412 g/mol. The van der Waals surface area contributed by atoms with E-state index < -0.39 is 0 Å². The van der Waals surface area contributed by atoms with Crippen LogP contribution in [0.2, 0.25) is 0 Å². The Kier molecular flexibility index (Phi) is 7.28. The highest BCUT2D eigenvalue weighted by atomic mass is 32.2. The van der Waals surface area contributed by atoms with E-state index in [0.29, 0.717) is 18.9 Å². The van der Waals surface area contributed by atoms with Crippen LogP contribution in [0.3, 0.4) is 0 Å². The number of hydrogen-bond acceptors (Lipinski definition) is 3. The first kappa shape index (κ1) is 21.8. The number of carbonyl (C=O) groups excluding carboxylic acids is 1. The van der Waals surface area contributed by atoms with Crippen molar-refractivity contribution in [2.45, 2.75) is 52.5 Å². The zero-order valence-electron chi connectivity index (χ0n) is 18.1. The van der Waals surface area contributed by atoms with Gasteiger partial charge in [-0.2, -0.15) is 0 Å². The molecule has 0 saturated carbocycles. The van der Waals surface area contributed by atoms with E-state index in [1.807, 2.05) is 48.2 Å². The summed E-state index contributed by atoms with van der Waals surface area (Å²) in [5.41, 5.74) is 2.49. The second-order valence-corrected chi connectivity index (χ2v) is 10.4. The number of carbonyl (C=O) groups is 1. The number of para-hydroxylation sites is 1. The lowest BCUT2D eigenvalue weighted by molar-refractivity contribution is -0.132. The van der Waals surface area contributed by atoms with E-state index in [1.165, 1.54) is 0 Å². The molecule has 1 amide bonds. The van der Waals surface area contributed by atoms with Crippen LogP contribution in [0.5, 0.6) is 5.75 Å². The molecule has 2 aromatic carbocycles. The third-order valence-corrected chi connectivity index (χ3v) is 6.36. The highest BCUT2D eigenvalue weighted by Gasteiger charge is 2.33. The Morgan fingerprint density at radius 3 is 2.55 bits per heavy atom. The minimum atomic E-state index is 0.0383.